The molecular formula is C17H16ClN3O2. The predicted molar refractivity (Wildman–Crippen MR) is 90.4 cm³/mol. The first-order valence-electron chi connectivity index (χ1n) is 7.25. The van der Waals surface area contributed by atoms with Crippen molar-refractivity contribution < 1.29 is 9.90 Å². The summed E-state index contributed by atoms with van der Waals surface area (Å²) in [6.07, 6.45) is 5.39. The lowest BCUT2D eigenvalue weighted by Crippen LogP contribution is -2.15. The molecule has 0 aliphatic rings. The molecule has 1 aromatic carbocycles. The van der Waals surface area contributed by atoms with Gasteiger partial charge in [0.25, 0.3) is 0 Å². The fraction of sp³-hybridized carbons (Fsp3) is 0.176. The number of aromatic nitrogens is 2. The molecule has 0 fully saturated rings. The number of anilines is 1. The zero-order chi connectivity index (χ0) is 16.2. The van der Waals surface area contributed by atoms with Crippen LogP contribution in [-0.2, 0) is 17.9 Å². The van der Waals surface area contributed by atoms with Gasteiger partial charge in [0.2, 0.25) is 5.91 Å². The summed E-state index contributed by atoms with van der Waals surface area (Å²) in [4.78, 5) is 16.1. The van der Waals surface area contributed by atoms with Gasteiger partial charge in [-0.2, -0.15) is 0 Å². The molecular weight excluding hydrogens is 314 g/mol. The molecule has 118 valence electrons. The summed E-state index contributed by atoms with van der Waals surface area (Å²) in [5, 5.41) is 13.8. The van der Waals surface area contributed by atoms with Crippen molar-refractivity contribution in [3.05, 3.63) is 59.5 Å². The van der Waals surface area contributed by atoms with E-state index in [2.05, 4.69) is 10.3 Å². The summed E-state index contributed by atoms with van der Waals surface area (Å²) >= 11 is 5.97. The highest BCUT2D eigenvalue weighted by Crippen LogP contribution is 2.21. The van der Waals surface area contributed by atoms with Gasteiger partial charge < -0.3 is 15.0 Å². The van der Waals surface area contributed by atoms with Crippen LogP contribution in [-0.4, -0.2) is 20.6 Å². The van der Waals surface area contributed by atoms with Crippen molar-refractivity contribution in [3.63, 3.8) is 0 Å². The number of pyridine rings is 1. The molecule has 0 spiro atoms. The van der Waals surface area contributed by atoms with E-state index >= 15 is 0 Å². The number of amides is 1. The summed E-state index contributed by atoms with van der Waals surface area (Å²) in [6.45, 7) is 0.423. The van der Waals surface area contributed by atoms with Crippen LogP contribution in [0.4, 0.5) is 5.69 Å². The number of fused-ring (bicyclic) bond motifs is 1. The van der Waals surface area contributed by atoms with Crippen molar-refractivity contribution in [1.29, 1.82) is 0 Å². The SMILES string of the molecule is O=C(CCn1ccc2cc(Cl)ccc21)Nc1cnccc1CO. The molecule has 0 aliphatic carbocycles. The minimum Gasteiger partial charge on any atom is -0.392 e. The van der Waals surface area contributed by atoms with Crippen molar-refractivity contribution in [2.75, 3.05) is 5.32 Å². The van der Waals surface area contributed by atoms with E-state index in [1.807, 2.05) is 35.0 Å². The Morgan fingerprint density at radius 2 is 2.17 bits per heavy atom. The summed E-state index contributed by atoms with van der Waals surface area (Å²) in [6, 6.07) is 9.34. The number of aliphatic hydroxyl groups is 1. The maximum absolute atomic E-state index is 12.1. The zero-order valence-corrected chi connectivity index (χ0v) is 13.1. The molecule has 2 N–H and O–H groups in total. The average Bonchev–Trinajstić information content (AvgIpc) is 2.95. The van der Waals surface area contributed by atoms with Crippen LogP contribution in [0.2, 0.25) is 5.02 Å². The van der Waals surface area contributed by atoms with Gasteiger partial charge in [-0.15, -0.1) is 0 Å². The van der Waals surface area contributed by atoms with Crippen molar-refractivity contribution in [2.45, 2.75) is 19.6 Å². The topological polar surface area (TPSA) is 67.2 Å². The number of aliphatic hydroxyl groups excluding tert-OH is 1. The van der Waals surface area contributed by atoms with E-state index in [1.54, 1.807) is 12.3 Å². The van der Waals surface area contributed by atoms with E-state index in [4.69, 9.17) is 11.6 Å². The van der Waals surface area contributed by atoms with Crippen molar-refractivity contribution in [2.24, 2.45) is 0 Å². The maximum atomic E-state index is 12.1. The molecule has 0 aliphatic heterocycles. The van der Waals surface area contributed by atoms with Gasteiger partial charge in [0.1, 0.15) is 0 Å². The fourth-order valence-electron chi connectivity index (χ4n) is 2.47. The first-order chi connectivity index (χ1) is 11.2. The Kier molecular flexibility index (Phi) is 4.60. The molecule has 6 heteroatoms. The van der Waals surface area contributed by atoms with Crippen LogP contribution in [0.15, 0.2) is 48.9 Å². The van der Waals surface area contributed by atoms with E-state index in [9.17, 15) is 9.90 Å². The molecule has 3 aromatic rings. The lowest BCUT2D eigenvalue weighted by Gasteiger charge is -2.09. The van der Waals surface area contributed by atoms with E-state index in [1.165, 1.54) is 6.20 Å². The number of rotatable bonds is 5. The summed E-state index contributed by atoms with van der Waals surface area (Å²) in [5.74, 6) is -0.122. The first-order valence-corrected chi connectivity index (χ1v) is 7.63. The second-order valence-electron chi connectivity index (χ2n) is 5.20. The van der Waals surface area contributed by atoms with Crippen molar-refractivity contribution >= 4 is 34.1 Å². The highest BCUT2D eigenvalue weighted by molar-refractivity contribution is 6.31. The van der Waals surface area contributed by atoms with Crippen LogP contribution < -0.4 is 5.32 Å². The molecule has 5 nitrogen and oxygen atoms in total. The van der Waals surface area contributed by atoms with E-state index in [0.717, 1.165) is 10.9 Å². The fourth-order valence-corrected chi connectivity index (χ4v) is 2.65. The number of hydrogen-bond donors (Lipinski definition) is 2. The third-order valence-corrected chi connectivity index (χ3v) is 3.90. The van der Waals surface area contributed by atoms with Gasteiger partial charge in [-0.1, -0.05) is 11.6 Å². The Balaban J connectivity index is 1.66. The Labute approximate surface area is 138 Å². The maximum Gasteiger partial charge on any atom is 0.226 e. The van der Waals surface area contributed by atoms with Gasteiger partial charge in [-0.25, -0.2) is 0 Å². The van der Waals surface area contributed by atoms with Gasteiger partial charge in [-0.3, -0.25) is 9.78 Å². The molecule has 2 heterocycles. The number of hydrogen-bond acceptors (Lipinski definition) is 3. The molecule has 3 rings (SSSR count). The Bertz CT molecular complexity index is 845. The minimum atomic E-state index is -0.138. The number of carbonyl (C=O) groups is 1. The molecule has 0 saturated heterocycles. The first kappa shape index (κ1) is 15.5. The molecule has 0 bridgehead atoms. The Hall–Kier alpha value is -2.37. The van der Waals surface area contributed by atoms with Crippen LogP contribution in [0, 0.1) is 0 Å². The molecule has 2 aromatic heterocycles. The Morgan fingerprint density at radius 1 is 1.30 bits per heavy atom. The normalized spacial score (nSPS) is 10.9. The lowest BCUT2D eigenvalue weighted by atomic mass is 10.2. The zero-order valence-electron chi connectivity index (χ0n) is 12.4. The van der Waals surface area contributed by atoms with Gasteiger partial charge in [0.15, 0.2) is 0 Å². The second kappa shape index (κ2) is 6.81. The van der Waals surface area contributed by atoms with Crippen molar-refractivity contribution in [1.82, 2.24) is 9.55 Å². The monoisotopic (exact) mass is 329 g/mol. The number of carbonyl (C=O) groups excluding carboxylic acids is 1. The largest absolute Gasteiger partial charge is 0.392 e. The Morgan fingerprint density at radius 3 is 3.00 bits per heavy atom. The molecule has 23 heavy (non-hydrogen) atoms. The number of nitrogens with zero attached hydrogens (tertiary/aromatic N) is 2. The molecule has 0 radical (unpaired) electrons. The number of halogens is 1. The van der Waals surface area contributed by atoms with Crippen LogP contribution in [0.3, 0.4) is 0 Å². The number of aryl methyl sites for hydroxylation is 1. The van der Waals surface area contributed by atoms with Gasteiger partial charge in [0.05, 0.1) is 18.5 Å². The quantitative estimate of drug-likeness (QED) is 0.755. The number of nitrogens with one attached hydrogen (secondary N) is 1. The summed E-state index contributed by atoms with van der Waals surface area (Å²) in [7, 11) is 0. The predicted octanol–water partition coefficient (Wildman–Crippen LogP) is 3.21. The van der Waals surface area contributed by atoms with E-state index in [0.29, 0.717) is 29.2 Å². The molecule has 0 saturated carbocycles. The van der Waals surface area contributed by atoms with Crippen molar-refractivity contribution in [3.8, 4) is 0 Å². The van der Waals surface area contributed by atoms with Crippen LogP contribution >= 0.6 is 11.6 Å². The van der Waals surface area contributed by atoms with E-state index < -0.39 is 0 Å². The number of benzene rings is 1. The average molecular weight is 330 g/mol. The third kappa shape index (κ3) is 3.52. The van der Waals surface area contributed by atoms with E-state index in [-0.39, 0.29) is 12.5 Å². The third-order valence-electron chi connectivity index (χ3n) is 3.67. The molecule has 1 amide bonds. The highest BCUT2D eigenvalue weighted by atomic mass is 35.5. The lowest BCUT2D eigenvalue weighted by molar-refractivity contribution is -0.116. The highest BCUT2D eigenvalue weighted by Gasteiger charge is 2.08. The summed E-state index contributed by atoms with van der Waals surface area (Å²) in [5.41, 5.74) is 2.23. The summed E-state index contributed by atoms with van der Waals surface area (Å²) < 4.78 is 2.02. The van der Waals surface area contributed by atoms with Gasteiger partial charge >= 0.3 is 0 Å². The standard InChI is InChI=1S/C17H16ClN3O2/c18-14-1-2-16-12(9-14)4-7-21(16)8-5-17(23)20-15-10-19-6-3-13(15)11-22/h1-4,6-7,9-10,22H,5,8,11H2,(H,20,23). The molecule has 0 atom stereocenters. The van der Waals surface area contributed by atoms with Gasteiger partial charge in [0, 0.05) is 46.8 Å². The van der Waals surface area contributed by atoms with Crippen LogP contribution in [0.1, 0.15) is 12.0 Å². The van der Waals surface area contributed by atoms with Crippen LogP contribution in [0.25, 0.3) is 10.9 Å². The minimum absolute atomic E-state index is 0.122. The molecule has 0 unspecified atom stereocenters. The smallest absolute Gasteiger partial charge is 0.226 e. The van der Waals surface area contributed by atoms with Crippen LogP contribution in [0.5, 0.6) is 0 Å². The van der Waals surface area contributed by atoms with Gasteiger partial charge in [-0.05, 0) is 30.3 Å². The second-order valence-corrected chi connectivity index (χ2v) is 5.64.